The van der Waals surface area contributed by atoms with Gasteiger partial charge in [-0.25, -0.2) is 9.86 Å². The highest BCUT2D eigenvalue weighted by Crippen LogP contribution is 2.35. The predicted octanol–water partition coefficient (Wildman–Crippen LogP) is 1.86. The van der Waals surface area contributed by atoms with E-state index in [4.69, 9.17) is 9.57 Å². The van der Waals surface area contributed by atoms with E-state index >= 15 is 0 Å². The molecule has 0 atom stereocenters. The quantitative estimate of drug-likeness (QED) is 0.903. The Morgan fingerprint density at radius 2 is 1.91 bits per heavy atom. The number of carbonyl (C=O) groups is 2. The monoisotopic (exact) mass is 319 g/mol. The number of rotatable bonds is 2. The van der Waals surface area contributed by atoms with Crippen molar-refractivity contribution in [2.75, 3.05) is 32.6 Å². The van der Waals surface area contributed by atoms with Crippen LogP contribution in [0.15, 0.2) is 24.3 Å². The number of benzene rings is 1. The van der Waals surface area contributed by atoms with E-state index in [2.05, 4.69) is 5.32 Å². The molecule has 2 fully saturated rings. The Kier molecular flexibility index (Phi) is 4.12. The number of anilines is 1. The van der Waals surface area contributed by atoms with Crippen molar-refractivity contribution in [3.05, 3.63) is 24.3 Å². The number of ether oxygens (including phenoxy) is 1. The summed E-state index contributed by atoms with van der Waals surface area (Å²) in [6, 6.07) is 7.07. The van der Waals surface area contributed by atoms with Crippen molar-refractivity contribution in [1.29, 1.82) is 0 Å². The third-order valence-electron chi connectivity index (χ3n) is 4.46. The first-order valence-corrected chi connectivity index (χ1v) is 7.67. The van der Waals surface area contributed by atoms with Crippen LogP contribution in [0, 0.1) is 0 Å². The minimum atomic E-state index is -0.428. The molecule has 1 N–H and O–H groups in total. The van der Waals surface area contributed by atoms with Crippen molar-refractivity contribution in [2.24, 2.45) is 0 Å². The second kappa shape index (κ2) is 6.08. The smallest absolute Gasteiger partial charge is 0.321 e. The van der Waals surface area contributed by atoms with Gasteiger partial charge in [-0.1, -0.05) is 0 Å². The Morgan fingerprint density at radius 3 is 2.43 bits per heavy atom. The van der Waals surface area contributed by atoms with Gasteiger partial charge in [0.05, 0.1) is 13.5 Å². The molecule has 3 amide bonds. The Morgan fingerprint density at radius 1 is 1.26 bits per heavy atom. The first kappa shape index (κ1) is 15.6. The number of amides is 3. The highest BCUT2D eigenvalue weighted by atomic mass is 16.7. The van der Waals surface area contributed by atoms with Gasteiger partial charge in [-0.15, -0.1) is 0 Å². The summed E-state index contributed by atoms with van der Waals surface area (Å²) >= 11 is 0. The van der Waals surface area contributed by atoms with Crippen LogP contribution in [0.1, 0.15) is 19.3 Å². The van der Waals surface area contributed by atoms with E-state index in [1.807, 2.05) is 0 Å². The van der Waals surface area contributed by atoms with E-state index in [0.717, 1.165) is 11.4 Å². The molecule has 2 saturated heterocycles. The van der Waals surface area contributed by atoms with Gasteiger partial charge < -0.3 is 15.0 Å². The van der Waals surface area contributed by atoms with E-state index in [9.17, 15) is 9.59 Å². The highest BCUT2D eigenvalue weighted by Gasteiger charge is 2.46. The lowest BCUT2D eigenvalue weighted by Gasteiger charge is -2.37. The molecule has 0 bridgehead atoms. The topological polar surface area (TPSA) is 71.1 Å². The van der Waals surface area contributed by atoms with Crippen LogP contribution in [-0.2, 0) is 9.63 Å². The molecule has 23 heavy (non-hydrogen) atoms. The van der Waals surface area contributed by atoms with Gasteiger partial charge in [0.25, 0.3) is 0 Å². The van der Waals surface area contributed by atoms with Gasteiger partial charge in [0, 0.05) is 25.8 Å². The first-order chi connectivity index (χ1) is 11.0. The van der Waals surface area contributed by atoms with Gasteiger partial charge in [-0.05, 0) is 37.1 Å². The zero-order chi connectivity index (χ0) is 16.4. The van der Waals surface area contributed by atoms with Gasteiger partial charge >= 0.3 is 6.03 Å². The van der Waals surface area contributed by atoms with Crippen molar-refractivity contribution in [3.8, 4) is 5.75 Å². The standard InChI is InChI=1S/C16H21N3O4/c1-18-14(20)11-16(23-18)7-9-19(10-8-16)15(21)17-12-3-5-13(22-2)6-4-12/h3-6H,7-11H2,1-2H3,(H,17,21). The number of urea groups is 1. The molecule has 3 rings (SSSR count). The average molecular weight is 319 g/mol. The van der Waals surface area contributed by atoms with Gasteiger partial charge in [0.2, 0.25) is 5.91 Å². The van der Waals surface area contributed by atoms with Crippen LogP contribution < -0.4 is 10.1 Å². The molecular formula is C16H21N3O4. The normalized spacial score (nSPS) is 20.0. The molecule has 0 aromatic heterocycles. The zero-order valence-electron chi connectivity index (χ0n) is 13.4. The largest absolute Gasteiger partial charge is 0.497 e. The summed E-state index contributed by atoms with van der Waals surface area (Å²) < 4.78 is 5.09. The molecule has 0 radical (unpaired) electrons. The van der Waals surface area contributed by atoms with Crippen LogP contribution in [0.2, 0.25) is 0 Å². The van der Waals surface area contributed by atoms with E-state index in [-0.39, 0.29) is 11.9 Å². The Hall–Kier alpha value is -2.28. The van der Waals surface area contributed by atoms with Crippen molar-refractivity contribution >= 4 is 17.6 Å². The van der Waals surface area contributed by atoms with Crippen LogP contribution in [0.25, 0.3) is 0 Å². The fraction of sp³-hybridized carbons (Fsp3) is 0.500. The summed E-state index contributed by atoms with van der Waals surface area (Å²) in [6.45, 7) is 1.15. The molecule has 2 aliphatic heterocycles. The van der Waals surface area contributed by atoms with Crippen LogP contribution >= 0.6 is 0 Å². The Bertz CT molecular complexity index is 594. The van der Waals surface area contributed by atoms with E-state index < -0.39 is 5.60 Å². The van der Waals surface area contributed by atoms with Gasteiger partial charge in [0.15, 0.2) is 0 Å². The van der Waals surface area contributed by atoms with E-state index in [0.29, 0.717) is 32.4 Å². The molecule has 1 aromatic carbocycles. The number of carbonyl (C=O) groups excluding carboxylic acids is 2. The van der Waals surface area contributed by atoms with Crippen molar-refractivity contribution in [1.82, 2.24) is 9.96 Å². The summed E-state index contributed by atoms with van der Waals surface area (Å²) in [4.78, 5) is 31.4. The summed E-state index contributed by atoms with van der Waals surface area (Å²) in [6.07, 6.45) is 1.73. The lowest BCUT2D eigenvalue weighted by molar-refractivity contribution is -0.197. The molecule has 2 heterocycles. The number of methoxy groups -OCH3 is 1. The number of hydroxylamine groups is 2. The molecule has 2 aliphatic rings. The maximum absolute atomic E-state index is 12.3. The molecule has 7 heteroatoms. The minimum absolute atomic E-state index is 0.00105. The van der Waals surface area contributed by atoms with Gasteiger partial charge in [-0.2, -0.15) is 0 Å². The maximum Gasteiger partial charge on any atom is 0.321 e. The molecule has 7 nitrogen and oxygen atoms in total. The van der Waals surface area contributed by atoms with Crippen molar-refractivity contribution in [3.63, 3.8) is 0 Å². The third-order valence-corrected chi connectivity index (χ3v) is 4.46. The Balaban J connectivity index is 1.55. The van der Waals surface area contributed by atoms with Crippen LogP contribution in [0.3, 0.4) is 0 Å². The number of likely N-dealkylation sites (tertiary alicyclic amines) is 1. The predicted molar refractivity (Wildman–Crippen MR) is 84.0 cm³/mol. The van der Waals surface area contributed by atoms with Crippen LogP contribution in [-0.4, -0.2) is 54.7 Å². The third kappa shape index (κ3) is 3.24. The molecule has 1 spiro atoms. The SMILES string of the molecule is COc1ccc(NC(=O)N2CCC3(CC2)CC(=O)N(C)O3)cc1. The molecular weight excluding hydrogens is 298 g/mol. The van der Waals surface area contributed by atoms with Gasteiger partial charge in [-0.3, -0.25) is 9.63 Å². The lowest BCUT2D eigenvalue weighted by Crippen LogP contribution is -2.48. The fourth-order valence-corrected chi connectivity index (χ4v) is 3.02. The molecule has 0 aliphatic carbocycles. The number of nitrogens with one attached hydrogen (secondary N) is 1. The second-order valence-corrected chi connectivity index (χ2v) is 5.99. The highest BCUT2D eigenvalue weighted by molar-refractivity contribution is 5.89. The minimum Gasteiger partial charge on any atom is -0.497 e. The number of hydrogen-bond acceptors (Lipinski definition) is 4. The lowest BCUT2D eigenvalue weighted by atomic mass is 9.89. The second-order valence-electron chi connectivity index (χ2n) is 5.99. The van der Waals surface area contributed by atoms with Gasteiger partial charge in [0.1, 0.15) is 11.4 Å². The Labute approximate surface area is 135 Å². The summed E-state index contributed by atoms with van der Waals surface area (Å²) in [5.74, 6) is 0.746. The molecule has 1 aromatic rings. The van der Waals surface area contributed by atoms with Crippen molar-refractivity contribution < 1.29 is 19.2 Å². The number of nitrogens with zero attached hydrogens (tertiary/aromatic N) is 2. The fourth-order valence-electron chi connectivity index (χ4n) is 3.02. The zero-order valence-corrected chi connectivity index (χ0v) is 13.4. The summed E-state index contributed by atoms with van der Waals surface area (Å²) in [5, 5.41) is 4.19. The van der Waals surface area contributed by atoms with Crippen LogP contribution in [0.5, 0.6) is 5.75 Å². The maximum atomic E-state index is 12.3. The summed E-state index contributed by atoms with van der Waals surface area (Å²) in [5.41, 5.74) is 0.297. The number of hydrogen-bond donors (Lipinski definition) is 1. The summed E-state index contributed by atoms with van der Waals surface area (Å²) in [7, 11) is 3.24. The van der Waals surface area contributed by atoms with E-state index in [1.54, 1.807) is 43.3 Å². The first-order valence-electron chi connectivity index (χ1n) is 7.67. The average Bonchev–Trinajstić information content (AvgIpc) is 2.82. The molecule has 0 unspecified atom stereocenters. The van der Waals surface area contributed by atoms with E-state index in [1.165, 1.54) is 5.06 Å². The molecule has 124 valence electrons. The molecule has 0 saturated carbocycles. The number of piperidine rings is 1. The van der Waals surface area contributed by atoms with Crippen LogP contribution in [0.4, 0.5) is 10.5 Å². The van der Waals surface area contributed by atoms with Crippen molar-refractivity contribution in [2.45, 2.75) is 24.9 Å².